The van der Waals surface area contributed by atoms with E-state index in [-0.39, 0.29) is 0 Å². The van der Waals surface area contributed by atoms with Crippen molar-refractivity contribution in [3.8, 4) is 11.4 Å². The number of hydrogen-bond acceptors (Lipinski definition) is 3. The van der Waals surface area contributed by atoms with Gasteiger partial charge in [0.1, 0.15) is 5.82 Å². The van der Waals surface area contributed by atoms with E-state index in [9.17, 15) is 0 Å². The molecule has 4 nitrogen and oxygen atoms in total. The van der Waals surface area contributed by atoms with Crippen LogP contribution in [0.3, 0.4) is 0 Å². The summed E-state index contributed by atoms with van der Waals surface area (Å²) in [7, 11) is 0. The summed E-state index contributed by atoms with van der Waals surface area (Å²) in [5.74, 6) is 1.87. The molecule has 0 aliphatic carbocycles. The minimum Gasteiger partial charge on any atom is -0.399 e. The quantitative estimate of drug-likeness (QED) is 0.845. The zero-order valence-electron chi connectivity index (χ0n) is 11.5. The van der Waals surface area contributed by atoms with Crippen molar-refractivity contribution in [2.75, 3.05) is 5.73 Å². The third-order valence-electron chi connectivity index (χ3n) is 3.31. The number of nitrogen functional groups attached to an aromatic ring is 1. The minimum atomic E-state index is 0.775. The van der Waals surface area contributed by atoms with Gasteiger partial charge in [-0.3, -0.25) is 0 Å². The van der Waals surface area contributed by atoms with Gasteiger partial charge in [0.2, 0.25) is 0 Å². The van der Waals surface area contributed by atoms with Gasteiger partial charge < -0.3 is 10.3 Å². The van der Waals surface area contributed by atoms with E-state index in [1.807, 2.05) is 19.1 Å². The fourth-order valence-electron chi connectivity index (χ4n) is 2.19. The Hall–Kier alpha value is -1.84. The number of nitrogens with two attached hydrogens (primary N) is 1. The Morgan fingerprint density at radius 2 is 1.89 bits per heavy atom. The van der Waals surface area contributed by atoms with Gasteiger partial charge in [-0.05, 0) is 50.5 Å². The van der Waals surface area contributed by atoms with Gasteiger partial charge >= 0.3 is 0 Å². The molecule has 1 aromatic heterocycles. The molecule has 0 unspecified atom stereocenters. The molecule has 2 N–H and O–H groups in total. The van der Waals surface area contributed by atoms with E-state index in [1.165, 1.54) is 11.1 Å². The average Bonchev–Trinajstić information content (AvgIpc) is 2.67. The molecule has 0 saturated carbocycles. The summed E-state index contributed by atoms with van der Waals surface area (Å²) in [4.78, 5) is 0. The predicted octanol–water partition coefficient (Wildman–Crippen LogP) is 2.86. The Morgan fingerprint density at radius 1 is 1.17 bits per heavy atom. The Kier molecular flexibility index (Phi) is 3.36. The lowest BCUT2D eigenvalue weighted by atomic mass is 10.0. The van der Waals surface area contributed by atoms with Crippen LogP contribution in [0.4, 0.5) is 5.69 Å². The van der Waals surface area contributed by atoms with E-state index in [0.29, 0.717) is 0 Å². The van der Waals surface area contributed by atoms with Gasteiger partial charge in [-0.2, -0.15) is 0 Å². The summed E-state index contributed by atoms with van der Waals surface area (Å²) >= 11 is 0. The standard InChI is InChI=1S/C14H20N4/c1-5-6-18-11(4)16-17-14(18)13-8-12(15)7-9(2)10(13)3/h7-8H,5-6,15H2,1-4H3. The monoisotopic (exact) mass is 244 g/mol. The molecule has 0 spiro atoms. The molecule has 0 saturated heterocycles. The number of aryl methyl sites for hydroxylation is 2. The Balaban J connectivity index is 2.62. The molecule has 0 amide bonds. The number of rotatable bonds is 3. The van der Waals surface area contributed by atoms with Crippen molar-refractivity contribution in [1.29, 1.82) is 0 Å². The summed E-state index contributed by atoms with van der Waals surface area (Å²) in [6.45, 7) is 9.25. The van der Waals surface area contributed by atoms with E-state index < -0.39 is 0 Å². The number of nitrogens with zero attached hydrogens (tertiary/aromatic N) is 3. The number of hydrogen-bond donors (Lipinski definition) is 1. The molecular formula is C14H20N4. The molecule has 2 aromatic rings. The van der Waals surface area contributed by atoms with E-state index in [1.54, 1.807) is 0 Å². The maximum absolute atomic E-state index is 5.94. The molecular weight excluding hydrogens is 224 g/mol. The lowest BCUT2D eigenvalue weighted by Crippen LogP contribution is -2.04. The third-order valence-corrected chi connectivity index (χ3v) is 3.31. The highest BCUT2D eigenvalue weighted by Crippen LogP contribution is 2.27. The van der Waals surface area contributed by atoms with E-state index in [0.717, 1.165) is 35.9 Å². The lowest BCUT2D eigenvalue weighted by molar-refractivity contribution is 0.662. The molecule has 18 heavy (non-hydrogen) atoms. The highest BCUT2D eigenvalue weighted by molar-refractivity contribution is 5.67. The van der Waals surface area contributed by atoms with Gasteiger partial charge in [-0.15, -0.1) is 10.2 Å². The minimum absolute atomic E-state index is 0.775. The summed E-state index contributed by atoms with van der Waals surface area (Å²) < 4.78 is 2.15. The number of benzene rings is 1. The van der Waals surface area contributed by atoms with Gasteiger partial charge in [0.25, 0.3) is 0 Å². The first kappa shape index (κ1) is 12.6. The van der Waals surface area contributed by atoms with Crippen molar-refractivity contribution in [1.82, 2.24) is 14.8 Å². The van der Waals surface area contributed by atoms with Gasteiger partial charge in [0.05, 0.1) is 0 Å². The Bertz CT molecular complexity index is 569. The number of anilines is 1. The molecule has 96 valence electrons. The molecule has 0 fully saturated rings. The van der Waals surface area contributed by atoms with Crippen molar-refractivity contribution in [2.24, 2.45) is 0 Å². The first-order chi connectivity index (χ1) is 8.54. The van der Waals surface area contributed by atoms with Crippen molar-refractivity contribution in [2.45, 2.75) is 40.7 Å². The van der Waals surface area contributed by atoms with Crippen LogP contribution in [0.5, 0.6) is 0 Å². The second-order valence-corrected chi connectivity index (χ2v) is 4.73. The van der Waals surface area contributed by atoms with Crippen LogP contribution in [0.15, 0.2) is 12.1 Å². The van der Waals surface area contributed by atoms with Crippen LogP contribution >= 0.6 is 0 Å². The van der Waals surface area contributed by atoms with Crippen LogP contribution in [-0.4, -0.2) is 14.8 Å². The summed E-state index contributed by atoms with van der Waals surface area (Å²) in [6.07, 6.45) is 1.06. The summed E-state index contributed by atoms with van der Waals surface area (Å²) in [6, 6.07) is 3.98. The Morgan fingerprint density at radius 3 is 2.56 bits per heavy atom. The highest BCUT2D eigenvalue weighted by atomic mass is 15.3. The van der Waals surface area contributed by atoms with Crippen molar-refractivity contribution in [3.63, 3.8) is 0 Å². The summed E-state index contributed by atoms with van der Waals surface area (Å²) in [5.41, 5.74) is 10.2. The molecule has 0 aliphatic heterocycles. The molecule has 4 heteroatoms. The molecule has 1 aromatic carbocycles. The molecule has 0 bridgehead atoms. The normalized spacial score (nSPS) is 10.9. The molecule has 0 atom stereocenters. The zero-order chi connectivity index (χ0) is 13.3. The SMILES string of the molecule is CCCn1c(C)nnc1-c1cc(N)cc(C)c1C. The van der Waals surface area contributed by atoms with Gasteiger partial charge in [-0.1, -0.05) is 6.92 Å². The fraction of sp³-hybridized carbons (Fsp3) is 0.429. The van der Waals surface area contributed by atoms with Crippen LogP contribution in [0.25, 0.3) is 11.4 Å². The van der Waals surface area contributed by atoms with E-state index in [4.69, 9.17) is 5.73 Å². The topological polar surface area (TPSA) is 56.7 Å². The lowest BCUT2D eigenvalue weighted by Gasteiger charge is -2.12. The molecule has 1 heterocycles. The van der Waals surface area contributed by atoms with Gasteiger partial charge in [0.15, 0.2) is 5.82 Å². The number of aromatic nitrogens is 3. The fourth-order valence-corrected chi connectivity index (χ4v) is 2.19. The summed E-state index contributed by atoms with van der Waals surface area (Å²) in [5, 5.41) is 8.49. The predicted molar refractivity (Wildman–Crippen MR) is 74.4 cm³/mol. The molecule has 2 rings (SSSR count). The maximum atomic E-state index is 5.94. The second kappa shape index (κ2) is 4.80. The van der Waals surface area contributed by atoms with Crippen LogP contribution in [0.1, 0.15) is 30.3 Å². The van der Waals surface area contributed by atoms with Crippen LogP contribution in [0, 0.1) is 20.8 Å². The average molecular weight is 244 g/mol. The van der Waals surface area contributed by atoms with Crippen molar-refractivity contribution < 1.29 is 0 Å². The van der Waals surface area contributed by atoms with Crippen LogP contribution in [-0.2, 0) is 6.54 Å². The largest absolute Gasteiger partial charge is 0.399 e. The third kappa shape index (κ3) is 2.10. The smallest absolute Gasteiger partial charge is 0.164 e. The van der Waals surface area contributed by atoms with Gasteiger partial charge in [0, 0.05) is 17.8 Å². The van der Waals surface area contributed by atoms with Gasteiger partial charge in [-0.25, -0.2) is 0 Å². The highest BCUT2D eigenvalue weighted by Gasteiger charge is 2.14. The zero-order valence-corrected chi connectivity index (χ0v) is 11.5. The molecule has 0 radical (unpaired) electrons. The van der Waals surface area contributed by atoms with Crippen LogP contribution in [0.2, 0.25) is 0 Å². The first-order valence-electron chi connectivity index (χ1n) is 6.31. The van der Waals surface area contributed by atoms with Crippen molar-refractivity contribution in [3.05, 3.63) is 29.1 Å². The van der Waals surface area contributed by atoms with Crippen molar-refractivity contribution >= 4 is 5.69 Å². The van der Waals surface area contributed by atoms with Crippen LogP contribution < -0.4 is 5.73 Å². The Labute approximate surface area is 108 Å². The van der Waals surface area contributed by atoms with E-state index in [2.05, 4.69) is 35.5 Å². The maximum Gasteiger partial charge on any atom is 0.164 e. The molecule has 0 aliphatic rings. The van der Waals surface area contributed by atoms with E-state index >= 15 is 0 Å². The second-order valence-electron chi connectivity index (χ2n) is 4.73. The first-order valence-corrected chi connectivity index (χ1v) is 6.31.